The largest absolute Gasteiger partial charge is 0.351 e. The van der Waals surface area contributed by atoms with E-state index in [1.807, 2.05) is 32.0 Å². The number of amides is 1. The number of aromatic nitrogens is 1. The van der Waals surface area contributed by atoms with Gasteiger partial charge in [0.15, 0.2) is 0 Å². The number of aryl methyl sites for hydroxylation is 1. The van der Waals surface area contributed by atoms with E-state index in [9.17, 15) is 4.79 Å². The SMILES string of the molecule is CCNC(=O)c1cc2c(C)c(Cl)ccc2[nH]1. The Morgan fingerprint density at radius 1 is 1.50 bits per heavy atom. The molecule has 0 saturated carbocycles. The van der Waals surface area contributed by atoms with Crippen molar-refractivity contribution in [1.82, 2.24) is 10.3 Å². The Balaban J connectivity index is 2.52. The van der Waals surface area contributed by atoms with Crippen molar-refractivity contribution in [2.45, 2.75) is 13.8 Å². The molecular formula is C12H13ClN2O. The fraction of sp³-hybridized carbons (Fsp3) is 0.250. The van der Waals surface area contributed by atoms with Gasteiger partial charge in [-0.3, -0.25) is 4.79 Å². The minimum absolute atomic E-state index is 0.0887. The topological polar surface area (TPSA) is 44.9 Å². The molecule has 3 nitrogen and oxygen atoms in total. The Hall–Kier alpha value is -1.48. The van der Waals surface area contributed by atoms with Crippen LogP contribution in [-0.2, 0) is 0 Å². The standard InChI is InChI=1S/C12H13ClN2O/c1-3-14-12(16)11-6-8-7(2)9(13)4-5-10(8)15-11/h4-6,15H,3H2,1-2H3,(H,14,16). The molecule has 84 valence electrons. The molecule has 0 spiro atoms. The highest BCUT2D eigenvalue weighted by Crippen LogP contribution is 2.25. The third-order valence-corrected chi connectivity index (χ3v) is 3.00. The Morgan fingerprint density at radius 2 is 2.25 bits per heavy atom. The molecule has 1 amide bonds. The third-order valence-electron chi connectivity index (χ3n) is 2.59. The van der Waals surface area contributed by atoms with Crippen LogP contribution in [0.25, 0.3) is 10.9 Å². The second kappa shape index (κ2) is 4.18. The van der Waals surface area contributed by atoms with Crippen molar-refractivity contribution in [2.24, 2.45) is 0 Å². The number of aromatic amines is 1. The summed E-state index contributed by atoms with van der Waals surface area (Å²) in [6.07, 6.45) is 0. The summed E-state index contributed by atoms with van der Waals surface area (Å²) in [5.41, 5.74) is 2.50. The first-order valence-corrected chi connectivity index (χ1v) is 5.57. The van der Waals surface area contributed by atoms with E-state index in [0.29, 0.717) is 17.3 Å². The summed E-state index contributed by atoms with van der Waals surface area (Å²) in [5, 5.41) is 4.46. The second-order valence-corrected chi connectivity index (χ2v) is 4.08. The van der Waals surface area contributed by atoms with E-state index >= 15 is 0 Å². The second-order valence-electron chi connectivity index (χ2n) is 3.68. The van der Waals surface area contributed by atoms with Crippen LogP contribution in [0.2, 0.25) is 5.02 Å². The van der Waals surface area contributed by atoms with Gasteiger partial charge in [0.2, 0.25) is 0 Å². The normalized spacial score (nSPS) is 10.7. The number of hydrogen-bond donors (Lipinski definition) is 2. The Morgan fingerprint density at radius 3 is 2.94 bits per heavy atom. The number of nitrogens with one attached hydrogen (secondary N) is 2. The monoisotopic (exact) mass is 236 g/mol. The number of benzene rings is 1. The van der Waals surface area contributed by atoms with Crippen LogP contribution in [0.4, 0.5) is 0 Å². The fourth-order valence-electron chi connectivity index (χ4n) is 1.70. The van der Waals surface area contributed by atoms with E-state index in [2.05, 4.69) is 10.3 Å². The van der Waals surface area contributed by atoms with E-state index < -0.39 is 0 Å². The van der Waals surface area contributed by atoms with Gasteiger partial charge in [-0.2, -0.15) is 0 Å². The highest BCUT2D eigenvalue weighted by Gasteiger charge is 2.10. The molecule has 1 heterocycles. The van der Waals surface area contributed by atoms with E-state index in [1.165, 1.54) is 0 Å². The Labute approximate surface area is 98.8 Å². The van der Waals surface area contributed by atoms with Crippen LogP contribution in [-0.4, -0.2) is 17.4 Å². The maximum atomic E-state index is 11.6. The van der Waals surface area contributed by atoms with Crippen molar-refractivity contribution in [3.8, 4) is 0 Å². The Kier molecular flexibility index (Phi) is 2.88. The first kappa shape index (κ1) is 11.0. The molecule has 0 radical (unpaired) electrons. The number of fused-ring (bicyclic) bond motifs is 1. The van der Waals surface area contributed by atoms with Crippen LogP contribution in [0.1, 0.15) is 23.0 Å². The smallest absolute Gasteiger partial charge is 0.267 e. The summed E-state index contributed by atoms with van der Waals surface area (Å²) in [5.74, 6) is -0.0887. The molecule has 0 unspecified atom stereocenters. The first-order valence-electron chi connectivity index (χ1n) is 5.19. The number of carbonyl (C=O) groups is 1. The van der Waals surface area contributed by atoms with Crippen LogP contribution in [0.3, 0.4) is 0 Å². The van der Waals surface area contributed by atoms with Crippen molar-refractivity contribution in [1.29, 1.82) is 0 Å². The zero-order valence-corrected chi connectivity index (χ0v) is 9.98. The predicted molar refractivity (Wildman–Crippen MR) is 66.1 cm³/mol. The molecule has 0 aliphatic heterocycles. The van der Waals surface area contributed by atoms with Gasteiger partial charge in [0, 0.05) is 22.5 Å². The molecule has 1 aromatic carbocycles. The van der Waals surface area contributed by atoms with Crippen LogP contribution < -0.4 is 5.32 Å². The molecular weight excluding hydrogens is 224 g/mol. The molecule has 4 heteroatoms. The Bertz CT molecular complexity index is 545. The van der Waals surface area contributed by atoms with E-state index in [4.69, 9.17) is 11.6 Å². The number of rotatable bonds is 2. The van der Waals surface area contributed by atoms with Crippen molar-refractivity contribution in [3.05, 3.63) is 34.5 Å². The van der Waals surface area contributed by atoms with Gasteiger partial charge < -0.3 is 10.3 Å². The summed E-state index contributed by atoms with van der Waals surface area (Å²) in [6, 6.07) is 5.55. The highest BCUT2D eigenvalue weighted by molar-refractivity contribution is 6.32. The quantitative estimate of drug-likeness (QED) is 0.828. The van der Waals surface area contributed by atoms with E-state index in [-0.39, 0.29) is 5.91 Å². The molecule has 0 fully saturated rings. The predicted octanol–water partition coefficient (Wildman–Crippen LogP) is 2.88. The highest BCUT2D eigenvalue weighted by atomic mass is 35.5. The van der Waals surface area contributed by atoms with E-state index in [1.54, 1.807) is 0 Å². The lowest BCUT2D eigenvalue weighted by atomic mass is 10.1. The zero-order chi connectivity index (χ0) is 11.7. The molecule has 0 bridgehead atoms. The van der Waals surface area contributed by atoms with Crippen molar-refractivity contribution >= 4 is 28.4 Å². The van der Waals surface area contributed by atoms with Crippen LogP contribution >= 0.6 is 11.6 Å². The van der Waals surface area contributed by atoms with Crippen LogP contribution in [0, 0.1) is 6.92 Å². The molecule has 16 heavy (non-hydrogen) atoms. The number of carbonyl (C=O) groups excluding carboxylic acids is 1. The van der Waals surface area contributed by atoms with E-state index in [0.717, 1.165) is 16.5 Å². The maximum Gasteiger partial charge on any atom is 0.267 e. The van der Waals surface area contributed by atoms with Crippen molar-refractivity contribution < 1.29 is 4.79 Å². The molecule has 2 aromatic rings. The minimum Gasteiger partial charge on any atom is -0.351 e. The maximum absolute atomic E-state index is 11.6. The first-order chi connectivity index (χ1) is 7.63. The molecule has 1 aromatic heterocycles. The lowest BCUT2D eigenvalue weighted by Gasteiger charge is -1.97. The van der Waals surface area contributed by atoms with Gasteiger partial charge in [-0.05, 0) is 37.6 Å². The van der Waals surface area contributed by atoms with Gasteiger partial charge in [-0.25, -0.2) is 0 Å². The molecule has 0 aliphatic carbocycles. The van der Waals surface area contributed by atoms with Gasteiger partial charge in [-0.15, -0.1) is 0 Å². The van der Waals surface area contributed by atoms with Gasteiger partial charge in [0.25, 0.3) is 5.91 Å². The summed E-state index contributed by atoms with van der Waals surface area (Å²) < 4.78 is 0. The van der Waals surface area contributed by atoms with Gasteiger partial charge in [0.05, 0.1) is 0 Å². The summed E-state index contributed by atoms with van der Waals surface area (Å²) >= 11 is 6.02. The van der Waals surface area contributed by atoms with Gasteiger partial charge in [0.1, 0.15) is 5.69 Å². The van der Waals surface area contributed by atoms with Crippen molar-refractivity contribution in [3.63, 3.8) is 0 Å². The van der Waals surface area contributed by atoms with Crippen molar-refractivity contribution in [2.75, 3.05) is 6.54 Å². The molecule has 0 saturated heterocycles. The third kappa shape index (κ3) is 1.78. The van der Waals surface area contributed by atoms with Crippen LogP contribution in [0.15, 0.2) is 18.2 Å². The van der Waals surface area contributed by atoms with Gasteiger partial charge >= 0.3 is 0 Å². The summed E-state index contributed by atoms with van der Waals surface area (Å²) in [6.45, 7) is 4.45. The number of halogens is 1. The number of hydrogen-bond acceptors (Lipinski definition) is 1. The molecule has 2 rings (SSSR count). The average Bonchev–Trinajstić information content (AvgIpc) is 2.69. The van der Waals surface area contributed by atoms with Crippen LogP contribution in [0.5, 0.6) is 0 Å². The average molecular weight is 237 g/mol. The summed E-state index contributed by atoms with van der Waals surface area (Å²) in [4.78, 5) is 14.7. The zero-order valence-electron chi connectivity index (χ0n) is 9.23. The lowest BCUT2D eigenvalue weighted by molar-refractivity contribution is 0.0951. The number of H-pyrrole nitrogens is 1. The molecule has 2 N–H and O–H groups in total. The lowest BCUT2D eigenvalue weighted by Crippen LogP contribution is -2.22. The summed E-state index contributed by atoms with van der Waals surface area (Å²) in [7, 11) is 0. The fourth-order valence-corrected chi connectivity index (χ4v) is 1.87. The minimum atomic E-state index is -0.0887. The molecule has 0 atom stereocenters. The molecule has 0 aliphatic rings. The van der Waals surface area contributed by atoms with Gasteiger partial charge in [-0.1, -0.05) is 11.6 Å².